The molecule has 1 aromatic rings. The fraction of sp³-hybridized carbons (Fsp3) is 0.571. The maximum atomic E-state index is 5.62. The van der Waals surface area contributed by atoms with Crippen LogP contribution >= 0.6 is 15.9 Å². The number of hydrogen-bond acceptors (Lipinski definition) is 3. The molecule has 2 N–H and O–H groups in total. The summed E-state index contributed by atoms with van der Waals surface area (Å²) in [5.74, 6) is 0.726. The predicted molar refractivity (Wildman–Crippen MR) is 48.2 cm³/mol. The fourth-order valence-electron chi connectivity index (χ4n) is 1.24. The van der Waals surface area contributed by atoms with E-state index in [4.69, 9.17) is 4.74 Å². The number of nitrogens with zero attached hydrogens (tertiary/aromatic N) is 1. The minimum absolute atomic E-state index is 0.279. The van der Waals surface area contributed by atoms with Crippen molar-refractivity contribution in [2.75, 3.05) is 13.1 Å². The standard InChI is InChI=1S/C7H10BrN3O/c8-6-4-10-11-7(6)12-5-1-2-9-3-5/h4-5,9H,1-3H2,(H,10,11). The van der Waals surface area contributed by atoms with Gasteiger partial charge in [0, 0.05) is 6.54 Å². The lowest BCUT2D eigenvalue weighted by Gasteiger charge is -2.09. The van der Waals surface area contributed by atoms with Gasteiger partial charge in [-0.25, -0.2) is 5.10 Å². The maximum absolute atomic E-state index is 5.62. The zero-order valence-corrected chi connectivity index (χ0v) is 8.10. The Balaban J connectivity index is 1.98. The first-order valence-corrected chi connectivity index (χ1v) is 4.72. The van der Waals surface area contributed by atoms with Gasteiger partial charge in [0.15, 0.2) is 0 Å². The molecule has 0 amide bonds. The van der Waals surface area contributed by atoms with Crippen LogP contribution in [0.15, 0.2) is 10.7 Å². The second kappa shape index (κ2) is 3.45. The molecule has 1 aromatic heterocycles. The Hall–Kier alpha value is -0.550. The fourth-order valence-corrected chi connectivity index (χ4v) is 1.52. The number of aromatic nitrogens is 2. The van der Waals surface area contributed by atoms with Gasteiger partial charge in [-0.15, -0.1) is 0 Å². The quantitative estimate of drug-likeness (QED) is 0.796. The van der Waals surface area contributed by atoms with E-state index >= 15 is 0 Å². The van der Waals surface area contributed by atoms with E-state index in [1.165, 1.54) is 0 Å². The van der Waals surface area contributed by atoms with Crippen LogP contribution in [0.2, 0.25) is 0 Å². The smallest absolute Gasteiger partial charge is 0.224 e. The van der Waals surface area contributed by atoms with E-state index < -0.39 is 0 Å². The number of H-pyrrole nitrogens is 1. The Bertz CT molecular complexity index is 257. The van der Waals surface area contributed by atoms with Crippen molar-refractivity contribution in [2.24, 2.45) is 0 Å². The highest BCUT2D eigenvalue weighted by molar-refractivity contribution is 9.10. The van der Waals surface area contributed by atoms with Gasteiger partial charge >= 0.3 is 0 Å². The van der Waals surface area contributed by atoms with Crippen LogP contribution in [0.1, 0.15) is 6.42 Å². The van der Waals surface area contributed by atoms with Crippen LogP contribution in [0, 0.1) is 0 Å². The van der Waals surface area contributed by atoms with Gasteiger partial charge in [-0.3, -0.25) is 0 Å². The van der Waals surface area contributed by atoms with Gasteiger partial charge in [0.2, 0.25) is 5.88 Å². The second-order valence-electron chi connectivity index (χ2n) is 2.78. The molecular weight excluding hydrogens is 222 g/mol. The summed E-state index contributed by atoms with van der Waals surface area (Å²) in [7, 11) is 0. The van der Waals surface area contributed by atoms with E-state index in [1.54, 1.807) is 6.20 Å². The number of aromatic amines is 1. The highest BCUT2D eigenvalue weighted by atomic mass is 79.9. The van der Waals surface area contributed by atoms with E-state index in [2.05, 4.69) is 31.4 Å². The van der Waals surface area contributed by atoms with Crippen LogP contribution in [0.25, 0.3) is 0 Å². The van der Waals surface area contributed by atoms with Crippen molar-refractivity contribution in [3.8, 4) is 5.88 Å². The van der Waals surface area contributed by atoms with E-state index in [0.29, 0.717) is 0 Å². The van der Waals surface area contributed by atoms with Crippen molar-refractivity contribution in [3.05, 3.63) is 10.7 Å². The molecule has 4 nitrogen and oxygen atoms in total. The van der Waals surface area contributed by atoms with Gasteiger partial charge < -0.3 is 10.1 Å². The molecule has 1 atom stereocenters. The largest absolute Gasteiger partial charge is 0.472 e. The molecule has 0 saturated carbocycles. The molecule has 0 spiro atoms. The normalized spacial score (nSPS) is 22.9. The summed E-state index contributed by atoms with van der Waals surface area (Å²) in [5, 5.41) is 9.86. The van der Waals surface area contributed by atoms with Crippen molar-refractivity contribution in [3.63, 3.8) is 0 Å². The summed E-state index contributed by atoms with van der Waals surface area (Å²) in [6, 6.07) is 0. The van der Waals surface area contributed by atoms with Gasteiger partial charge in [0.1, 0.15) is 6.10 Å². The van der Waals surface area contributed by atoms with Crippen LogP contribution in [-0.2, 0) is 0 Å². The molecule has 66 valence electrons. The highest BCUT2D eigenvalue weighted by Gasteiger charge is 2.17. The Labute approximate surface area is 78.8 Å². The van der Waals surface area contributed by atoms with Crippen LogP contribution in [-0.4, -0.2) is 29.4 Å². The molecule has 1 fully saturated rings. The van der Waals surface area contributed by atoms with Gasteiger partial charge in [-0.1, -0.05) is 0 Å². The summed E-state index contributed by atoms with van der Waals surface area (Å²) >= 11 is 3.33. The average molecular weight is 232 g/mol. The molecule has 1 saturated heterocycles. The number of halogens is 1. The van der Waals surface area contributed by atoms with Crippen molar-refractivity contribution < 1.29 is 4.74 Å². The molecular formula is C7H10BrN3O. The number of nitrogens with one attached hydrogen (secondary N) is 2. The molecule has 0 aliphatic carbocycles. The van der Waals surface area contributed by atoms with E-state index in [-0.39, 0.29) is 6.10 Å². The highest BCUT2D eigenvalue weighted by Crippen LogP contribution is 2.22. The zero-order chi connectivity index (χ0) is 8.39. The van der Waals surface area contributed by atoms with Crippen LogP contribution < -0.4 is 10.1 Å². The van der Waals surface area contributed by atoms with Gasteiger partial charge in [0.25, 0.3) is 0 Å². The molecule has 0 bridgehead atoms. The predicted octanol–water partition coefficient (Wildman–Crippen LogP) is 0.913. The molecule has 1 aliphatic heterocycles. The molecule has 0 aromatic carbocycles. The number of hydrogen-bond donors (Lipinski definition) is 2. The van der Waals surface area contributed by atoms with E-state index in [0.717, 1.165) is 29.9 Å². The molecule has 2 rings (SSSR count). The Morgan fingerprint density at radius 1 is 1.67 bits per heavy atom. The third-order valence-corrected chi connectivity index (χ3v) is 2.43. The first-order chi connectivity index (χ1) is 5.86. The third-order valence-electron chi connectivity index (χ3n) is 1.86. The first-order valence-electron chi connectivity index (χ1n) is 3.92. The van der Waals surface area contributed by atoms with Crippen molar-refractivity contribution >= 4 is 15.9 Å². The van der Waals surface area contributed by atoms with Crippen LogP contribution in [0.3, 0.4) is 0 Å². The molecule has 2 heterocycles. The third kappa shape index (κ3) is 1.61. The summed E-state index contributed by atoms with van der Waals surface area (Å²) in [6.07, 6.45) is 3.03. The van der Waals surface area contributed by atoms with E-state index in [9.17, 15) is 0 Å². The second-order valence-corrected chi connectivity index (χ2v) is 3.63. The molecule has 5 heteroatoms. The van der Waals surface area contributed by atoms with Crippen molar-refractivity contribution in [1.29, 1.82) is 0 Å². The van der Waals surface area contributed by atoms with Gasteiger partial charge in [0.05, 0.1) is 10.7 Å². The maximum Gasteiger partial charge on any atom is 0.224 e. The van der Waals surface area contributed by atoms with Crippen LogP contribution in [0.4, 0.5) is 0 Å². The topological polar surface area (TPSA) is 49.9 Å². The minimum atomic E-state index is 0.279. The van der Waals surface area contributed by atoms with Crippen molar-refractivity contribution in [1.82, 2.24) is 15.5 Å². The summed E-state index contributed by atoms with van der Waals surface area (Å²) < 4.78 is 6.50. The molecule has 12 heavy (non-hydrogen) atoms. The Morgan fingerprint density at radius 3 is 3.17 bits per heavy atom. The Kier molecular flexibility index (Phi) is 2.32. The Morgan fingerprint density at radius 2 is 2.58 bits per heavy atom. The monoisotopic (exact) mass is 231 g/mol. The molecule has 1 aliphatic rings. The summed E-state index contributed by atoms with van der Waals surface area (Å²) in [5.41, 5.74) is 0. The molecule has 0 radical (unpaired) electrons. The van der Waals surface area contributed by atoms with Crippen molar-refractivity contribution in [2.45, 2.75) is 12.5 Å². The average Bonchev–Trinajstić information content (AvgIpc) is 2.65. The number of ether oxygens (including phenoxy) is 1. The van der Waals surface area contributed by atoms with E-state index in [1.807, 2.05) is 0 Å². The minimum Gasteiger partial charge on any atom is -0.472 e. The lowest BCUT2D eigenvalue weighted by Crippen LogP contribution is -2.19. The summed E-state index contributed by atoms with van der Waals surface area (Å²) in [4.78, 5) is 0. The lowest BCUT2D eigenvalue weighted by atomic mass is 10.3. The number of rotatable bonds is 2. The van der Waals surface area contributed by atoms with Gasteiger partial charge in [-0.05, 0) is 28.9 Å². The molecule has 1 unspecified atom stereocenters. The van der Waals surface area contributed by atoms with Gasteiger partial charge in [-0.2, -0.15) is 5.10 Å². The SMILES string of the molecule is Brc1cn[nH]c1OC1CCNC1. The first kappa shape index (κ1) is 8.07. The lowest BCUT2D eigenvalue weighted by molar-refractivity contribution is 0.212. The van der Waals surface area contributed by atoms with Crippen LogP contribution in [0.5, 0.6) is 5.88 Å². The zero-order valence-electron chi connectivity index (χ0n) is 6.51. The summed E-state index contributed by atoms with van der Waals surface area (Å²) in [6.45, 7) is 1.96.